The first-order chi connectivity index (χ1) is 4.11. The highest BCUT2D eigenvalue weighted by molar-refractivity contribution is 7.89. The fraction of sp³-hybridized carbons (Fsp3) is 0. The number of H-pyrrole nitrogens is 1. The average Bonchev–Trinajstić information content (AvgIpc) is 2.08. The van der Waals surface area contributed by atoms with Gasteiger partial charge in [-0.25, -0.2) is 18.5 Å². The standard InChI is InChI=1S/C3H5N3O2S/c4-9(7,8)3-5-1-2-6-3/h1-2H,(H,5,6)(H2,4,7,8). The van der Waals surface area contributed by atoms with Crippen LogP contribution in [-0.2, 0) is 10.0 Å². The van der Waals surface area contributed by atoms with Crippen LogP contribution in [0.4, 0.5) is 0 Å². The summed E-state index contributed by atoms with van der Waals surface area (Å²) in [6, 6.07) is 0. The molecule has 0 bridgehead atoms. The topological polar surface area (TPSA) is 88.8 Å². The van der Waals surface area contributed by atoms with Gasteiger partial charge in [-0.15, -0.1) is 0 Å². The SMILES string of the molecule is NS(=O)(=O)c1ncc[nH]1. The van der Waals surface area contributed by atoms with E-state index in [1.165, 1.54) is 12.4 Å². The number of primary sulfonamides is 1. The number of rotatable bonds is 1. The van der Waals surface area contributed by atoms with E-state index in [1.54, 1.807) is 0 Å². The van der Waals surface area contributed by atoms with Gasteiger partial charge in [0.1, 0.15) is 0 Å². The smallest absolute Gasteiger partial charge is 0.271 e. The molecular formula is C3H5N3O2S. The number of nitrogens with two attached hydrogens (primary N) is 1. The Kier molecular flexibility index (Phi) is 1.26. The maximum atomic E-state index is 10.4. The fourth-order valence-corrected chi connectivity index (χ4v) is 0.846. The monoisotopic (exact) mass is 147 g/mol. The number of hydrogen-bond acceptors (Lipinski definition) is 3. The molecule has 0 aliphatic rings. The molecule has 1 rings (SSSR count). The Hall–Kier alpha value is -0.880. The van der Waals surface area contributed by atoms with Crippen LogP contribution in [0.25, 0.3) is 0 Å². The second kappa shape index (κ2) is 1.82. The first kappa shape index (κ1) is 6.24. The van der Waals surface area contributed by atoms with Gasteiger partial charge in [-0.1, -0.05) is 0 Å². The molecule has 0 aromatic carbocycles. The quantitative estimate of drug-likeness (QED) is 0.537. The van der Waals surface area contributed by atoms with Gasteiger partial charge in [0.2, 0.25) is 5.16 Å². The zero-order valence-corrected chi connectivity index (χ0v) is 5.22. The summed E-state index contributed by atoms with van der Waals surface area (Å²) >= 11 is 0. The van der Waals surface area contributed by atoms with Crippen molar-refractivity contribution in [2.75, 3.05) is 0 Å². The molecule has 6 heteroatoms. The summed E-state index contributed by atoms with van der Waals surface area (Å²) in [5, 5.41) is 4.47. The second-order valence-electron chi connectivity index (χ2n) is 1.44. The molecule has 0 aliphatic carbocycles. The van der Waals surface area contributed by atoms with E-state index in [0.717, 1.165) is 0 Å². The minimum atomic E-state index is -3.63. The molecule has 0 spiro atoms. The maximum Gasteiger partial charge on any atom is 0.271 e. The van der Waals surface area contributed by atoms with Crippen molar-refractivity contribution in [2.45, 2.75) is 5.16 Å². The third kappa shape index (κ3) is 1.27. The van der Waals surface area contributed by atoms with E-state index in [2.05, 4.69) is 15.1 Å². The van der Waals surface area contributed by atoms with Crippen LogP contribution < -0.4 is 5.14 Å². The summed E-state index contributed by atoms with van der Waals surface area (Å²) in [6.45, 7) is 0. The van der Waals surface area contributed by atoms with Crippen molar-refractivity contribution in [1.82, 2.24) is 9.97 Å². The van der Waals surface area contributed by atoms with Crippen LogP contribution in [0.1, 0.15) is 0 Å². The molecule has 1 aromatic heterocycles. The second-order valence-corrected chi connectivity index (χ2v) is 2.92. The van der Waals surface area contributed by atoms with Crippen LogP contribution in [0.2, 0.25) is 0 Å². The van der Waals surface area contributed by atoms with Gasteiger partial charge in [0.05, 0.1) is 0 Å². The number of aromatic amines is 1. The molecule has 5 nitrogen and oxygen atoms in total. The molecule has 0 saturated heterocycles. The summed E-state index contributed by atoms with van der Waals surface area (Å²) in [4.78, 5) is 5.77. The number of imidazole rings is 1. The van der Waals surface area contributed by atoms with Gasteiger partial charge in [-0.2, -0.15) is 0 Å². The van der Waals surface area contributed by atoms with Gasteiger partial charge in [0.25, 0.3) is 10.0 Å². The van der Waals surface area contributed by atoms with Gasteiger partial charge in [0, 0.05) is 12.4 Å². The van der Waals surface area contributed by atoms with E-state index in [9.17, 15) is 8.42 Å². The Morgan fingerprint density at radius 2 is 2.33 bits per heavy atom. The Bertz CT molecular complexity index is 274. The third-order valence-electron chi connectivity index (χ3n) is 0.743. The largest absolute Gasteiger partial charge is 0.334 e. The highest BCUT2D eigenvalue weighted by Gasteiger charge is 2.07. The van der Waals surface area contributed by atoms with Crippen LogP contribution in [-0.4, -0.2) is 18.4 Å². The summed E-state index contributed by atoms with van der Waals surface area (Å²) < 4.78 is 20.8. The van der Waals surface area contributed by atoms with E-state index < -0.39 is 10.0 Å². The van der Waals surface area contributed by atoms with E-state index in [1.807, 2.05) is 0 Å². The highest BCUT2D eigenvalue weighted by atomic mass is 32.2. The van der Waals surface area contributed by atoms with Gasteiger partial charge < -0.3 is 4.98 Å². The van der Waals surface area contributed by atoms with Gasteiger partial charge in [-0.3, -0.25) is 0 Å². The number of aromatic nitrogens is 2. The zero-order chi connectivity index (χ0) is 6.91. The van der Waals surface area contributed by atoms with Crippen LogP contribution >= 0.6 is 0 Å². The van der Waals surface area contributed by atoms with E-state index in [4.69, 9.17) is 0 Å². The van der Waals surface area contributed by atoms with Crippen molar-refractivity contribution < 1.29 is 8.42 Å². The molecule has 0 unspecified atom stereocenters. The van der Waals surface area contributed by atoms with Crippen LogP contribution in [0.3, 0.4) is 0 Å². The first-order valence-electron chi connectivity index (χ1n) is 2.13. The van der Waals surface area contributed by atoms with Crippen LogP contribution in [0, 0.1) is 0 Å². The lowest BCUT2D eigenvalue weighted by Gasteiger charge is -1.86. The predicted molar refractivity (Wildman–Crippen MR) is 30.0 cm³/mol. The Morgan fingerprint density at radius 3 is 2.56 bits per heavy atom. The number of sulfonamides is 1. The Labute approximate surface area is 52.0 Å². The zero-order valence-electron chi connectivity index (χ0n) is 4.40. The van der Waals surface area contributed by atoms with Gasteiger partial charge >= 0.3 is 0 Å². The van der Waals surface area contributed by atoms with Crippen molar-refractivity contribution >= 4 is 10.0 Å². The summed E-state index contributed by atoms with van der Waals surface area (Å²) in [5.41, 5.74) is 0. The maximum absolute atomic E-state index is 10.4. The molecule has 0 aliphatic heterocycles. The van der Waals surface area contributed by atoms with Gasteiger partial charge in [-0.05, 0) is 0 Å². The normalized spacial score (nSPS) is 11.7. The van der Waals surface area contributed by atoms with Crippen molar-refractivity contribution in [3.63, 3.8) is 0 Å². The summed E-state index contributed by atoms with van der Waals surface area (Å²) in [7, 11) is -3.63. The lowest BCUT2D eigenvalue weighted by Crippen LogP contribution is -2.13. The predicted octanol–water partition coefficient (Wildman–Crippen LogP) is -0.943. The molecule has 1 aromatic rings. The number of hydrogen-bond donors (Lipinski definition) is 2. The molecule has 50 valence electrons. The molecule has 0 amide bonds. The molecule has 0 saturated carbocycles. The van der Waals surface area contributed by atoms with E-state index in [-0.39, 0.29) is 5.16 Å². The van der Waals surface area contributed by atoms with Crippen molar-refractivity contribution in [3.05, 3.63) is 12.4 Å². The number of nitrogens with one attached hydrogen (secondary N) is 1. The first-order valence-corrected chi connectivity index (χ1v) is 3.67. The van der Waals surface area contributed by atoms with Crippen LogP contribution in [0.15, 0.2) is 17.6 Å². The molecule has 0 radical (unpaired) electrons. The Balaban J connectivity index is 3.20. The molecule has 3 N–H and O–H groups in total. The molecule has 1 heterocycles. The Morgan fingerprint density at radius 1 is 1.67 bits per heavy atom. The highest BCUT2D eigenvalue weighted by Crippen LogP contribution is 1.93. The molecule has 0 fully saturated rings. The van der Waals surface area contributed by atoms with Gasteiger partial charge in [0.15, 0.2) is 0 Å². The lowest BCUT2D eigenvalue weighted by atomic mass is 11.0. The molecule has 0 atom stereocenters. The minimum absolute atomic E-state index is 0.206. The van der Waals surface area contributed by atoms with Crippen molar-refractivity contribution in [2.24, 2.45) is 5.14 Å². The third-order valence-corrected chi connectivity index (χ3v) is 1.50. The fourth-order valence-electron chi connectivity index (χ4n) is 0.406. The van der Waals surface area contributed by atoms with E-state index in [0.29, 0.717) is 0 Å². The lowest BCUT2D eigenvalue weighted by molar-refractivity contribution is 0.590. The minimum Gasteiger partial charge on any atom is -0.334 e. The van der Waals surface area contributed by atoms with E-state index >= 15 is 0 Å². The summed E-state index contributed by atoms with van der Waals surface area (Å²) in [6.07, 6.45) is 2.71. The van der Waals surface area contributed by atoms with Crippen molar-refractivity contribution in [1.29, 1.82) is 0 Å². The average molecular weight is 147 g/mol. The van der Waals surface area contributed by atoms with Crippen molar-refractivity contribution in [3.8, 4) is 0 Å². The molecular weight excluding hydrogens is 142 g/mol. The number of nitrogens with zero attached hydrogens (tertiary/aromatic N) is 1. The summed E-state index contributed by atoms with van der Waals surface area (Å²) in [5.74, 6) is 0. The van der Waals surface area contributed by atoms with Crippen LogP contribution in [0.5, 0.6) is 0 Å². The molecule has 9 heavy (non-hydrogen) atoms.